The monoisotopic (exact) mass is 366 g/mol. The van der Waals surface area contributed by atoms with Crippen molar-refractivity contribution in [2.24, 2.45) is 10.8 Å². The van der Waals surface area contributed by atoms with Gasteiger partial charge in [0.1, 0.15) is 16.8 Å². The lowest BCUT2D eigenvalue weighted by Crippen LogP contribution is -2.72. The van der Waals surface area contributed by atoms with E-state index in [0.29, 0.717) is 31.6 Å². The van der Waals surface area contributed by atoms with Gasteiger partial charge in [-0.2, -0.15) is 0 Å². The molecule has 1 aliphatic carbocycles. The molecular weight excluding hydrogens is 348 g/mol. The Labute approximate surface area is 149 Å². The van der Waals surface area contributed by atoms with Crippen LogP contribution in [0.25, 0.3) is 0 Å². The first-order chi connectivity index (χ1) is 11.9. The maximum absolute atomic E-state index is 12.8. The Balaban J connectivity index is 1.88. The van der Waals surface area contributed by atoms with E-state index in [0.717, 1.165) is 6.42 Å². The number of halogens is 1. The van der Waals surface area contributed by atoms with Crippen LogP contribution in [-0.2, 0) is 19.1 Å². The van der Waals surface area contributed by atoms with Gasteiger partial charge in [0.05, 0.1) is 6.10 Å². The molecule has 0 aromatic rings. The minimum Gasteiger partial charge on any atom is -0.481 e. The van der Waals surface area contributed by atoms with Crippen molar-refractivity contribution >= 4 is 23.5 Å². The van der Waals surface area contributed by atoms with Gasteiger partial charge in [0, 0.05) is 5.88 Å². The SMILES string of the molecule is O=C(O)[C@]12[C@H]3C=C[C@]4(CCC[C@@]5(C=C[C@]1(CCCCl)O5)[C@]24C(=O)O)O3. The number of carboxylic acids is 2. The Kier molecular flexibility index (Phi) is 2.73. The Morgan fingerprint density at radius 1 is 1.12 bits per heavy atom. The summed E-state index contributed by atoms with van der Waals surface area (Å²) < 4.78 is 12.6. The highest BCUT2D eigenvalue weighted by molar-refractivity contribution is 6.17. The van der Waals surface area contributed by atoms with E-state index >= 15 is 0 Å². The molecule has 7 heteroatoms. The molecule has 134 valence electrons. The highest BCUT2D eigenvalue weighted by Crippen LogP contribution is 2.82. The summed E-state index contributed by atoms with van der Waals surface area (Å²) in [5.74, 6) is -1.94. The summed E-state index contributed by atoms with van der Waals surface area (Å²) in [4.78, 5) is 25.6. The first-order valence-corrected chi connectivity index (χ1v) is 9.22. The third kappa shape index (κ3) is 1.20. The molecule has 4 aliphatic heterocycles. The van der Waals surface area contributed by atoms with Crippen molar-refractivity contribution in [2.45, 2.75) is 55.0 Å². The molecular formula is C18H19ClO6. The number of alkyl halides is 1. The van der Waals surface area contributed by atoms with Gasteiger partial charge in [-0.1, -0.05) is 24.3 Å². The average molecular weight is 367 g/mol. The van der Waals surface area contributed by atoms with Gasteiger partial charge in [0.25, 0.3) is 0 Å². The molecule has 4 heterocycles. The zero-order valence-corrected chi connectivity index (χ0v) is 14.3. The van der Waals surface area contributed by atoms with E-state index in [1.165, 1.54) is 0 Å². The Bertz CT molecular complexity index is 763. The minimum absolute atomic E-state index is 0.355. The van der Waals surface area contributed by atoms with Gasteiger partial charge >= 0.3 is 11.9 Å². The average Bonchev–Trinajstić information content (AvgIpc) is 3.26. The smallest absolute Gasteiger partial charge is 0.317 e. The van der Waals surface area contributed by atoms with Crippen molar-refractivity contribution in [3.63, 3.8) is 0 Å². The topological polar surface area (TPSA) is 93.1 Å². The van der Waals surface area contributed by atoms with Crippen LogP contribution in [0.3, 0.4) is 0 Å². The van der Waals surface area contributed by atoms with Crippen LogP contribution in [0.2, 0.25) is 0 Å². The van der Waals surface area contributed by atoms with E-state index in [-0.39, 0.29) is 0 Å². The summed E-state index contributed by atoms with van der Waals surface area (Å²) in [6, 6.07) is 0. The molecule has 1 saturated carbocycles. The number of rotatable bonds is 5. The van der Waals surface area contributed by atoms with Crippen LogP contribution in [0, 0.1) is 10.8 Å². The van der Waals surface area contributed by atoms with Gasteiger partial charge in [0.2, 0.25) is 0 Å². The molecule has 3 fully saturated rings. The summed E-state index contributed by atoms with van der Waals surface area (Å²) in [5, 5.41) is 20.9. The quantitative estimate of drug-likeness (QED) is 0.572. The van der Waals surface area contributed by atoms with Crippen molar-refractivity contribution in [2.75, 3.05) is 5.88 Å². The molecule has 6 nitrogen and oxygen atoms in total. The molecule has 4 bridgehead atoms. The van der Waals surface area contributed by atoms with Crippen molar-refractivity contribution in [3.8, 4) is 0 Å². The lowest BCUT2D eigenvalue weighted by molar-refractivity contribution is -0.191. The largest absolute Gasteiger partial charge is 0.481 e. The fourth-order valence-electron chi connectivity index (χ4n) is 6.79. The van der Waals surface area contributed by atoms with Gasteiger partial charge < -0.3 is 19.7 Å². The number of hydrogen-bond acceptors (Lipinski definition) is 4. The Morgan fingerprint density at radius 2 is 1.88 bits per heavy atom. The number of ether oxygens (including phenoxy) is 2. The van der Waals surface area contributed by atoms with Gasteiger partial charge in [-0.05, 0) is 32.1 Å². The van der Waals surface area contributed by atoms with Gasteiger partial charge in [-0.25, -0.2) is 0 Å². The van der Waals surface area contributed by atoms with Crippen molar-refractivity contribution in [3.05, 3.63) is 24.3 Å². The minimum atomic E-state index is -1.68. The van der Waals surface area contributed by atoms with Crippen molar-refractivity contribution < 1.29 is 29.3 Å². The van der Waals surface area contributed by atoms with Crippen LogP contribution < -0.4 is 0 Å². The van der Waals surface area contributed by atoms with Crippen LogP contribution in [0.1, 0.15) is 32.1 Å². The van der Waals surface area contributed by atoms with Crippen molar-refractivity contribution in [1.29, 1.82) is 0 Å². The Morgan fingerprint density at radius 3 is 2.56 bits per heavy atom. The second-order valence-electron chi connectivity index (χ2n) is 7.82. The van der Waals surface area contributed by atoms with E-state index in [1.807, 2.05) is 0 Å². The van der Waals surface area contributed by atoms with Crippen LogP contribution >= 0.6 is 11.6 Å². The third-order valence-corrected chi connectivity index (χ3v) is 7.52. The first kappa shape index (κ1) is 15.9. The molecule has 0 aromatic heterocycles. The summed E-state index contributed by atoms with van der Waals surface area (Å²) in [6.45, 7) is 0. The summed E-state index contributed by atoms with van der Waals surface area (Å²) in [5.41, 5.74) is -6.83. The lowest BCUT2D eigenvalue weighted by Gasteiger charge is -2.55. The third-order valence-electron chi connectivity index (χ3n) is 7.26. The molecule has 6 atom stereocenters. The number of hydrogen-bond donors (Lipinski definition) is 2. The number of carboxylic acid groups (broad SMARTS) is 2. The molecule has 2 N–H and O–H groups in total. The second kappa shape index (κ2) is 4.30. The highest BCUT2D eigenvalue weighted by atomic mass is 35.5. The molecule has 2 spiro atoms. The van der Waals surface area contributed by atoms with Gasteiger partial charge in [-0.15, -0.1) is 11.6 Å². The predicted molar refractivity (Wildman–Crippen MR) is 86.4 cm³/mol. The normalized spacial score (nSPS) is 53.4. The van der Waals surface area contributed by atoms with Gasteiger partial charge in [0.15, 0.2) is 10.8 Å². The van der Waals surface area contributed by atoms with E-state index < -0.39 is 45.7 Å². The Hall–Kier alpha value is -1.37. The van der Waals surface area contributed by atoms with E-state index in [9.17, 15) is 19.8 Å². The maximum atomic E-state index is 12.8. The standard InChI is InChI=1S/C18H19ClO6/c19-10-2-6-14-8-9-16(25-14)5-1-4-15-7-3-11(24-15)17(14,12(20)21)18(15,16)13(22)23/h3,7-9,11H,1-2,4-6,10H2,(H,20,21)(H,22,23)/t11-,14+,15+,16-,17-,18-/m1/s1. The van der Waals surface area contributed by atoms with E-state index in [4.69, 9.17) is 21.1 Å². The van der Waals surface area contributed by atoms with Crippen LogP contribution in [0.15, 0.2) is 24.3 Å². The summed E-state index contributed by atoms with van der Waals surface area (Å²) in [6.07, 6.45) is 8.87. The zero-order chi connectivity index (χ0) is 17.7. The second-order valence-corrected chi connectivity index (χ2v) is 8.19. The predicted octanol–water partition coefficient (Wildman–Crippen LogP) is 2.12. The molecule has 0 unspecified atom stereocenters. The van der Waals surface area contributed by atoms with E-state index in [2.05, 4.69) is 0 Å². The molecule has 5 aliphatic rings. The molecule has 25 heavy (non-hydrogen) atoms. The first-order valence-electron chi connectivity index (χ1n) is 8.69. The lowest BCUT2D eigenvalue weighted by atomic mass is 9.40. The summed E-state index contributed by atoms with van der Waals surface area (Å²) in [7, 11) is 0. The zero-order valence-electron chi connectivity index (χ0n) is 13.5. The van der Waals surface area contributed by atoms with Crippen LogP contribution in [0.4, 0.5) is 0 Å². The molecule has 2 saturated heterocycles. The van der Waals surface area contributed by atoms with Crippen LogP contribution in [0.5, 0.6) is 0 Å². The molecule has 0 radical (unpaired) electrons. The van der Waals surface area contributed by atoms with Gasteiger partial charge in [-0.3, -0.25) is 9.59 Å². The molecule has 5 rings (SSSR count). The number of fused-ring (bicyclic) bond motifs is 4. The molecule has 0 aromatic carbocycles. The van der Waals surface area contributed by atoms with Crippen LogP contribution in [-0.4, -0.2) is 50.9 Å². The number of aliphatic carboxylic acids is 2. The number of carbonyl (C=O) groups is 2. The van der Waals surface area contributed by atoms with Crippen molar-refractivity contribution in [1.82, 2.24) is 0 Å². The molecule has 0 amide bonds. The summed E-state index contributed by atoms with van der Waals surface area (Å²) >= 11 is 5.88. The van der Waals surface area contributed by atoms with E-state index in [1.54, 1.807) is 24.3 Å². The maximum Gasteiger partial charge on any atom is 0.317 e. The highest BCUT2D eigenvalue weighted by Gasteiger charge is 2.97. The fourth-order valence-corrected chi connectivity index (χ4v) is 6.92. The fraction of sp³-hybridized carbons (Fsp3) is 0.667.